The molecule has 1 saturated heterocycles. The second kappa shape index (κ2) is 7.56. The molecule has 1 amide bonds. The molecule has 0 bridgehead atoms. The smallest absolute Gasteiger partial charge is 0.223 e. The fourth-order valence-corrected chi connectivity index (χ4v) is 3.39. The maximum absolute atomic E-state index is 12.3. The van der Waals surface area contributed by atoms with Crippen LogP contribution in [-0.2, 0) is 11.2 Å². The van der Waals surface area contributed by atoms with Crippen LogP contribution in [0.25, 0.3) is 22.6 Å². The van der Waals surface area contributed by atoms with Crippen molar-refractivity contribution in [2.24, 2.45) is 0 Å². The van der Waals surface area contributed by atoms with Crippen molar-refractivity contribution in [3.8, 4) is 22.6 Å². The van der Waals surface area contributed by atoms with Crippen LogP contribution in [0, 0.1) is 0 Å². The fraction of sp³-hybridized carbons (Fsp3) is 0.273. The van der Waals surface area contributed by atoms with Gasteiger partial charge in [0.25, 0.3) is 0 Å². The Balaban J connectivity index is 1.60. The molecule has 3 aromatic rings. The topological polar surface area (TPSA) is 46.3 Å². The van der Waals surface area contributed by atoms with E-state index in [2.05, 4.69) is 0 Å². The third-order valence-corrected chi connectivity index (χ3v) is 4.77. The number of aryl methyl sites for hydroxylation is 1. The van der Waals surface area contributed by atoms with E-state index in [0.717, 1.165) is 48.5 Å². The van der Waals surface area contributed by atoms with Crippen LogP contribution in [0.2, 0.25) is 0 Å². The highest BCUT2D eigenvalue weighted by atomic mass is 16.4. The number of nitrogens with zero attached hydrogens (tertiary/aromatic N) is 2. The first-order chi connectivity index (χ1) is 12.8. The lowest BCUT2D eigenvalue weighted by atomic mass is 10.1. The number of benzene rings is 2. The quantitative estimate of drug-likeness (QED) is 0.680. The first-order valence-corrected chi connectivity index (χ1v) is 9.19. The van der Waals surface area contributed by atoms with Gasteiger partial charge in [0.15, 0.2) is 11.7 Å². The second-order valence-corrected chi connectivity index (χ2v) is 6.61. The van der Waals surface area contributed by atoms with E-state index in [-0.39, 0.29) is 5.91 Å². The molecule has 2 aromatic carbocycles. The van der Waals surface area contributed by atoms with Crippen molar-refractivity contribution in [1.29, 1.82) is 0 Å². The monoisotopic (exact) mass is 346 g/mol. The van der Waals surface area contributed by atoms with Crippen molar-refractivity contribution in [3.05, 3.63) is 66.6 Å². The molecule has 0 unspecified atom stereocenters. The summed E-state index contributed by atoms with van der Waals surface area (Å²) in [7, 11) is 0. The number of carbonyl (C=O) groups is 1. The SMILES string of the molecule is O=C(CCc1nc(-c2ccccc2)c(-c2ccccc2)o1)N1CCCC1. The zero-order valence-electron chi connectivity index (χ0n) is 14.7. The molecular formula is C22H22N2O2. The average molecular weight is 346 g/mol. The molecule has 4 rings (SSSR count). The van der Waals surface area contributed by atoms with Gasteiger partial charge in [-0.3, -0.25) is 4.79 Å². The Hall–Kier alpha value is -2.88. The predicted octanol–water partition coefficient (Wildman–Crippen LogP) is 4.56. The van der Waals surface area contributed by atoms with Crippen molar-refractivity contribution in [2.45, 2.75) is 25.7 Å². The second-order valence-electron chi connectivity index (χ2n) is 6.61. The summed E-state index contributed by atoms with van der Waals surface area (Å²) in [6.07, 6.45) is 3.20. The van der Waals surface area contributed by atoms with Crippen LogP contribution < -0.4 is 0 Å². The number of aromatic nitrogens is 1. The van der Waals surface area contributed by atoms with Gasteiger partial charge in [-0.15, -0.1) is 0 Å². The molecule has 0 aliphatic carbocycles. The fourth-order valence-electron chi connectivity index (χ4n) is 3.39. The van der Waals surface area contributed by atoms with Gasteiger partial charge in [-0.05, 0) is 12.8 Å². The minimum absolute atomic E-state index is 0.197. The molecule has 1 aliphatic rings. The summed E-state index contributed by atoms with van der Waals surface area (Å²) in [6, 6.07) is 20.0. The number of carbonyl (C=O) groups excluding carboxylic acids is 1. The Bertz CT molecular complexity index is 809. The number of rotatable bonds is 5. The van der Waals surface area contributed by atoms with Crippen LogP contribution in [0.1, 0.15) is 25.2 Å². The van der Waals surface area contributed by atoms with Gasteiger partial charge in [0.1, 0.15) is 5.69 Å². The summed E-state index contributed by atoms with van der Waals surface area (Å²) in [5, 5.41) is 0. The first-order valence-electron chi connectivity index (χ1n) is 9.19. The van der Waals surface area contributed by atoms with Gasteiger partial charge in [-0.2, -0.15) is 0 Å². The molecule has 26 heavy (non-hydrogen) atoms. The number of oxazole rings is 1. The van der Waals surface area contributed by atoms with Crippen molar-refractivity contribution in [2.75, 3.05) is 13.1 Å². The molecule has 0 atom stereocenters. The Morgan fingerprint density at radius 3 is 2.19 bits per heavy atom. The minimum Gasteiger partial charge on any atom is -0.440 e. The van der Waals surface area contributed by atoms with Crippen molar-refractivity contribution >= 4 is 5.91 Å². The van der Waals surface area contributed by atoms with Gasteiger partial charge in [0.05, 0.1) is 0 Å². The standard InChI is InChI=1S/C22H22N2O2/c25-20(24-15-7-8-16-24)14-13-19-23-21(17-9-3-1-4-10-17)22(26-19)18-11-5-2-6-12-18/h1-6,9-12H,7-8,13-16H2. The third-order valence-electron chi connectivity index (χ3n) is 4.77. The van der Waals surface area contributed by atoms with Gasteiger partial charge < -0.3 is 9.32 Å². The highest BCUT2D eigenvalue weighted by Crippen LogP contribution is 2.32. The van der Waals surface area contributed by atoms with E-state index in [0.29, 0.717) is 18.7 Å². The molecule has 1 aliphatic heterocycles. The van der Waals surface area contributed by atoms with Gasteiger partial charge >= 0.3 is 0 Å². The molecule has 4 nitrogen and oxygen atoms in total. The molecule has 0 N–H and O–H groups in total. The van der Waals surface area contributed by atoms with Crippen molar-refractivity contribution < 1.29 is 9.21 Å². The number of hydrogen-bond acceptors (Lipinski definition) is 3. The maximum atomic E-state index is 12.3. The normalized spacial score (nSPS) is 13.9. The van der Waals surface area contributed by atoms with E-state index >= 15 is 0 Å². The molecule has 1 fully saturated rings. The van der Waals surface area contributed by atoms with Crippen molar-refractivity contribution in [1.82, 2.24) is 9.88 Å². The molecular weight excluding hydrogens is 324 g/mol. The summed E-state index contributed by atoms with van der Waals surface area (Å²) >= 11 is 0. The molecule has 0 radical (unpaired) electrons. The van der Waals surface area contributed by atoms with E-state index in [9.17, 15) is 4.79 Å². The van der Waals surface area contributed by atoms with Crippen LogP contribution >= 0.6 is 0 Å². The Morgan fingerprint density at radius 1 is 0.923 bits per heavy atom. The Labute approximate surface area is 153 Å². The van der Waals surface area contributed by atoms with E-state index in [1.807, 2.05) is 65.6 Å². The molecule has 0 saturated carbocycles. The summed E-state index contributed by atoms with van der Waals surface area (Å²) < 4.78 is 6.09. The molecule has 2 heterocycles. The number of likely N-dealkylation sites (tertiary alicyclic amines) is 1. The Kier molecular flexibility index (Phi) is 4.82. The lowest BCUT2D eigenvalue weighted by molar-refractivity contribution is -0.130. The number of amides is 1. The summed E-state index contributed by atoms with van der Waals surface area (Å²) in [6.45, 7) is 1.77. The van der Waals surface area contributed by atoms with E-state index < -0.39 is 0 Å². The maximum Gasteiger partial charge on any atom is 0.223 e. The van der Waals surface area contributed by atoms with Crippen LogP contribution in [-0.4, -0.2) is 28.9 Å². The summed E-state index contributed by atoms with van der Waals surface area (Å²) in [4.78, 5) is 19.0. The average Bonchev–Trinajstić information content (AvgIpc) is 3.38. The van der Waals surface area contributed by atoms with Crippen molar-refractivity contribution in [3.63, 3.8) is 0 Å². The molecule has 4 heteroatoms. The minimum atomic E-state index is 0.197. The summed E-state index contributed by atoms with van der Waals surface area (Å²) in [5.41, 5.74) is 2.85. The van der Waals surface area contributed by atoms with E-state index in [4.69, 9.17) is 9.40 Å². The zero-order valence-corrected chi connectivity index (χ0v) is 14.7. The predicted molar refractivity (Wildman–Crippen MR) is 102 cm³/mol. The van der Waals surface area contributed by atoms with Gasteiger partial charge in [-0.1, -0.05) is 60.7 Å². The zero-order chi connectivity index (χ0) is 17.8. The first kappa shape index (κ1) is 16.6. The number of hydrogen-bond donors (Lipinski definition) is 0. The van der Waals surface area contributed by atoms with Gasteiger partial charge in [0, 0.05) is 37.1 Å². The molecule has 1 aromatic heterocycles. The lowest BCUT2D eigenvalue weighted by Gasteiger charge is -2.14. The van der Waals surface area contributed by atoms with E-state index in [1.165, 1.54) is 0 Å². The molecule has 0 spiro atoms. The Morgan fingerprint density at radius 2 is 1.54 bits per heavy atom. The highest BCUT2D eigenvalue weighted by molar-refractivity contribution is 5.78. The summed E-state index contributed by atoms with van der Waals surface area (Å²) in [5.74, 6) is 1.58. The largest absolute Gasteiger partial charge is 0.440 e. The lowest BCUT2D eigenvalue weighted by Crippen LogP contribution is -2.27. The van der Waals surface area contributed by atoms with Crippen LogP contribution in [0.3, 0.4) is 0 Å². The van der Waals surface area contributed by atoms with Crippen LogP contribution in [0.4, 0.5) is 0 Å². The highest BCUT2D eigenvalue weighted by Gasteiger charge is 2.20. The third kappa shape index (κ3) is 3.54. The van der Waals surface area contributed by atoms with Crippen LogP contribution in [0.15, 0.2) is 65.1 Å². The van der Waals surface area contributed by atoms with Gasteiger partial charge in [-0.25, -0.2) is 4.98 Å². The van der Waals surface area contributed by atoms with E-state index in [1.54, 1.807) is 0 Å². The van der Waals surface area contributed by atoms with Crippen LogP contribution in [0.5, 0.6) is 0 Å². The molecule has 132 valence electrons. The van der Waals surface area contributed by atoms with Gasteiger partial charge in [0.2, 0.25) is 5.91 Å².